The van der Waals surface area contributed by atoms with E-state index in [1.54, 1.807) is 12.1 Å². The molecule has 0 aliphatic carbocycles. The molecule has 6 heteroatoms. The van der Waals surface area contributed by atoms with Crippen LogP contribution in [0.4, 0.5) is 10.1 Å². The fraction of sp³-hybridized carbons (Fsp3) is 0.150. The van der Waals surface area contributed by atoms with Gasteiger partial charge in [0.25, 0.3) is 0 Å². The standard InChI is InChI=1S/C20H17FN4S/c1-12-8-13(2)19(14(3)9-12)25-24-17(10-22)20-23-18(11-26-20)15-4-6-16(21)7-5-15/h4-9,11,25H,1-3H3/b24-17-. The summed E-state index contributed by atoms with van der Waals surface area (Å²) in [6.45, 7) is 6.04. The molecule has 0 radical (unpaired) electrons. The number of nitrogens with one attached hydrogen (secondary N) is 1. The average molecular weight is 364 g/mol. The first kappa shape index (κ1) is 17.8. The smallest absolute Gasteiger partial charge is 0.196 e. The van der Waals surface area contributed by atoms with Crippen LogP contribution < -0.4 is 5.43 Å². The average Bonchev–Trinajstić information content (AvgIpc) is 3.07. The highest BCUT2D eigenvalue weighted by Crippen LogP contribution is 2.24. The Hall–Kier alpha value is -3.04. The normalized spacial score (nSPS) is 11.3. The molecule has 3 aromatic rings. The number of benzene rings is 2. The Balaban J connectivity index is 1.87. The van der Waals surface area contributed by atoms with E-state index in [4.69, 9.17) is 0 Å². The first-order chi connectivity index (χ1) is 12.5. The molecule has 0 saturated carbocycles. The number of nitrogens with zero attached hydrogens (tertiary/aromatic N) is 3. The van der Waals surface area contributed by atoms with Crippen molar-refractivity contribution in [1.29, 1.82) is 5.26 Å². The zero-order valence-corrected chi connectivity index (χ0v) is 15.5. The van der Waals surface area contributed by atoms with Gasteiger partial charge in [0, 0.05) is 10.9 Å². The zero-order valence-electron chi connectivity index (χ0n) is 14.7. The molecule has 0 spiro atoms. The monoisotopic (exact) mass is 364 g/mol. The van der Waals surface area contributed by atoms with E-state index in [-0.39, 0.29) is 11.5 Å². The fourth-order valence-corrected chi connectivity index (χ4v) is 3.49. The van der Waals surface area contributed by atoms with E-state index in [0.29, 0.717) is 10.7 Å². The summed E-state index contributed by atoms with van der Waals surface area (Å²) in [5, 5.41) is 16.0. The second kappa shape index (κ2) is 7.46. The second-order valence-corrected chi connectivity index (χ2v) is 6.86. The van der Waals surface area contributed by atoms with Gasteiger partial charge < -0.3 is 0 Å². The molecule has 0 saturated heterocycles. The molecule has 1 N–H and O–H groups in total. The van der Waals surface area contributed by atoms with Crippen molar-refractivity contribution in [3.8, 4) is 17.3 Å². The van der Waals surface area contributed by atoms with Gasteiger partial charge in [-0.25, -0.2) is 9.37 Å². The number of rotatable bonds is 4. The summed E-state index contributed by atoms with van der Waals surface area (Å²) in [5.74, 6) is -0.295. The van der Waals surface area contributed by atoms with Crippen LogP contribution in [0.15, 0.2) is 46.9 Å². The Bertz CT molecular complexity index is 990. The van der Waals surface area contributed by atoms with Crippen LogP contribution in [-0.4, -0.2) is 10.7 Å². The summed E-state index contributed by atoms with van der Waals surface area (Å²) in [6.07, 6.45) is 0. The molecule has 0 atom stereocenters. The topological polar surface area (TPSA) is 61.1 Å². The molecular weight excluding hydrogens is 347 g/mol. The molecule has 0 aliphatic rings. The summed E-state index contributed by atoms with van der Waals surface area (Å²) in [6, 6.07) is 12.3. The Labute approximate surface area is 155 Å². The lowest BCUT2D eigenvalue weighted by Crippen LogP contribution is -2.03. The molecule has 0 amide bonds. The lowest BCUT2D eigenvalue weighted by atomic mass is 10.1. The van der Waals surface area contributed by atoms with Crippen LogP contribution in [0.25, 0.3) is 11.3 Å². The maximum absolute atomic E-state index is 13.1. The van der Waals surface area contributed by atoms with Crippen molar-refractivity contribution in [2.24, 2.45) is 5.10 Å². The van der Waals surface area contributed by atoms with Crippen molar-refractivity contribution in [1.82, 2.24) is 4.98 Å². The molecule has 0 aliphatic heterocycles. The van der Waals surface area contributed by atoms with Gasteiger partial charge in [0.1, 0.15) is 11.9 Å². The van der Waals surface area contributed by atoms with Gasteiger partial charge in [-0.05, 0) is 56.2 Å². The Morgan fingerprint density at radius 3 is 2.42 bits per heavy atom. The lowest BCUT2D eigenvalue weighted by Gasteiger charge is -2.10. The van der Waals surface area contributed by atoms with E-state index < -0.39 is 0 Å². The summed E-state index contributed by atoms with van der Waals surface area (Å²) >= 11 is 1.33. The Morgan fingerprint density at radius 2 is 1.81 bits per heavy atom. The number of anilines is 1. The van der Waals surface area contributed by atoms with Gasteiger partial charge in [0.15, 0.2) is 10.7 Å². The predicted octanol–water partition coefficient (Wildman–Crippen LogP) is 5.21. The van der Waals surface area contributed by atoms with Crippen LogP contribution in [0.5, 0.6) is 0 Å². The maximum Gasteiger partial charge on any atom is 0.196 e. The number of hydrogen-bond donors (Lipinski definition) is 1. The number of aryl methyl sites for hydroxylation is 3. The molecule has 26 heavy (non-hydrogen) atoms. The maximum atomic E-state index is 13.1. The van der Waals surface area contributed by atoms with Gasteiger partial charge in [-0.15, -0.1) is 11.3 Å². The van der Waals surface area contributed by atoms with E-state index in [9.17, 15) is 9.65 Å². The molecule has 0 bridgehead atoms. The molecule has 0 fully saturated rings. The van der Waals surface area contributed by atoms with Crippen LogP contribution in [0.2, 0.25) is 0 Å². The van der Waals surface area contributed by atoms with Gasteiger partial charge in [0.05, 0.1) is 11.4 Å². The van der Waals surface area contributed by atoms with Crippen LogP contribution in [0.1, 0.15) is 21.7 Å². The molecule has 130 valence electrons. The van der Waals surface area contributed by atoms with E-state index in [0.717, 1.165) is 22.4 Å². The Morgan fingerprint density at radius 1 is 1.15 bits per heavy atom. The fourth-order valence-electron chi connectivity index (χ4n) is 2.72. The largest absolute Gasteiger partial charge is 0.277 e. The summed E-state index contributed by atoms with van der Waals surface area (Å²) < 4.78 is 13.1. The number of nitriles is 1. The number of hydrogen-bond acceptors (Lipinski definition) is 5. The number of halogens is 1. The predicted molar refractivity (Wildman–Crippen MR) is 104 cm³/mol. The number of aromatic nitrogens is 1. The third-order valence-corrected chi connectivity index (χ3v) is 4.76. The quantitative estimate of drug-likeness (QED) is 0.510. The van der Waals surface area contributed by atoms with Crippen molar-refractivity contribution in [2.45, 2.75) is 20.8 Å². The van der Waals surface area contributed by atoms with Crippen molar-refractivity contribution in [3.05, 3.63) is 69.3 Å². The number of hydrazone groups is 1. The van der Waals surface area contributed by atoms with Gasteiger partial charge in [-0.3, -0.25) is 5.43 Å². The zero-order chi connectivity index (χ0) is 18.7. The highest BCUT2D eigenvalue weighted by atomic mass is 32.1. The highest BCUT2D eigenvalue weighted by molar-refractivity contribution is 7.12. The number of thiazole rings is 1. The summed E-state index contributed by atoms with van der Waals surface area (Å²) in [5.41, 5.74) is 8.89. The molecule has 1 aromatic heterocycles. The molecule has 3 rings (SSSR count). The lowest BCUT2D eigenvalue weighted by molar-refractivity contribution is 0.628. The van der Waals surface area contributed by atoms with E-state index in [1.807, 2.05) is 26.2 Å². The van der Waals surface area contributed by atoms with E-state index in [1.165, 1.54) is 29.0 Å². The van der Waals surface area contributed by atoms with Crippen molar-refractivity contribution in [2.75, 3.05) is 5.43 Å². The molecule has 1 heterocycles. The minimum Gasteiger partial charge on any atom is -0.277 e. The summed E-state index contributed by atoms with van der Waals surface area (Å²) in [7, 11) is 0. The van der Waals surface area contributed by atoms with Crippen LogP contribution >= 0.6 is 11.3 Å². The Kier molecular flexibility index (Phi) is 5.10. The minimum absolute atomic E-state index is 0.211. The van der Waals surface area contributed by atoms with Crippen LogP contribution in [-0.2, 0) is 0 Å². The van der Waals surface area contributed by atoms with Gasteiger partial charge in [-0.2, -0.15) is 10.4 Å². The van der Waals surface area contributed by atoms with Crippen LogP contribution in [0.3, 0.4) is 0 Å². The molecular formula is C20H17FN4S. The molecule has 4 nitrogen and oxygen atoms in total. The molecule has 2 aromatic carbocycles. The summed E-state index contributed by atoms with van der Waals surface area (Å²) in [4.78, 5) is 4.46. The van der Waals surface area contributed by atoms with E-state index >= 15 is 0 Å². The van der Waals surface area contributed by atoms with Gasteiger partial charge in [0.2, 0.25) is 0 Å². The van der Waals surface area contributed by atoms with Crippen LogP contribution in [0, 0.1) is 37.9 Å². The van der Waals surface area contributed by atoms with Crippen molar-refractivity contribution < 1.29 is 4.39 Å². The third-order valence-electron chi connectivity index (χ3n) is 3.91. The highest BCUT2D eigenvalue weighted by Gasteiger charge is 2.11. The third kappa shape index (κ3) is 3.79. The van der Waals surface area contributed by atoms with Crippen molar-refractivity contribution in [3.63, 3.8) is 0 Å². The second-order valence-electron chi connectivity index (χ2n) is 6.00. The minimum atomic E-state index is -0.295. The van der Waals surface area contributed by atoms with Gasteiger partial charge in [-0.1, -0.05) is 17.7 Å². The molecule has 0 unspecified atom stereocenters. The SMILES string of the molecule is Cc1cc(C)c(N/N=C(/C#N)c2nc(-c3ccc(F)cc3)cs2)c(C)c1. The first-order valence-corrected chi connectivity index (χ1v) is 8.89. The van der Waals surface area contributed by atoms with Crippen molar-refractivity contribution >= 4 is 22.7 Å². The first-order valence-electron chi connectivity index (χ1n) is 8.01. The van der Waals surface area contributed by atoms with E-state index in [2.05, 4.69) is 33.7 Å². The van der Waals surface area contributed by atoms with Gasteiger partial charge >= 0.3 is 0 Å².